The van der Waals surface area contributed by atoms with Crippen molar-refractivity contribution in [3.63, 3.8) is 0 Å². The van der Waals surface area contributed by atoms with Gasteiger partial charge in [-0.3, -0.25) is 9.69 Å². The number of thioether (sulfide) groups is 1. The molecule has 1 aromatic heterocycles. The number of para-hydroxylation sites is 1. The first-order chi connectivity index (χ1) is 19.1. The Balaban J connectivity index is 1.54. The molecule has 5 nitrogen and oxygen atoms in total. The lowest BCUT2D eigenvalue weighted by atomic mass is 10.1. The molecule has 1 aliphatic rings. The highest BCUT2D eigenvalue weighted by atomic mass is 32.2. The molecular formula is C32H39N3O2S2. The van der Waals surface area contributed by atoms with Gasteiger partial charge in [-0.05, 0) is 55.3 Å². The summed E-state index contributed by atoms with van der Waals surface area (Å²) in [6, 6.07) is 18.1. The number of carbonyl (C=O) groups is 1. The van der Waals surface area contributed by atoms with Crippen LogP contribution in [0.3, 0.4) is 0 Å². The lowest BCUT2D eigenvalue weighted by Crippen LogP contribution is -2.29. The number of thiocarbonyl (C=S) groups is 1. The van der Waals surface area contributed by atoms with E-state index in [1.165, 1.54) is 50.3 Å². The summed E-state index contributed by atoms with van der Waals surface area (Å²) in [5, 5.41) is 4.92. The highest BCUT2D eigenvalue weighted by molar-refractivity contribution is 8.26. The van der Waals surface area contributed by atoms with Gasteiger partial charge in [-0.2, -0.15) is 5.10 Å². The van der Waals surface area contributed by atoms with Crippen LogP contribution in [0, 0.1) is 0 Å². The molecule has 2 aromatic carbocycles. The zero-order chi connectivity index (χ0) is 27.5. The minimum Gasteiger partial charge on any atom is -0.494 e. The molecule has 0 bridgehead atoms. The maximum atomic E-state index is 13.3. The van der Waals surface area contributed by atoms with Gasteiger partial charge in [0.2, 0.25) is 0 Å². The van der Waals surface area contributed by atoms with Crippen molar-refractivity contribution in [1.82, 2.24) is 14.7 Å². The van der Waals surface area contributed by atoms with Crippen molar-refractivity contribution in [3.8, 4) is 22.7 Å². The summed E-state index contributed by atoms with van der Waals surface area (Å²) in [4.78, 5) is 15.7. The topological polar surface area (TPSA) is 47.4 Å². The molecule has 0 saturated carbocycles. The first kappa shape index (κ1) is 29.1. The fraction of sp³-hybridized carbons (Fsp3) is 0.406. The first-order valence-electron chi connectivity index (χ1n) is 14.2. The van der Waals surface area contributed by atoms with E-state index in [0.717, 1.165) is 54.1 Å². The molecule has 206 valence electrons. The Labute approximate surface area is 242 Å². The molecule has 0 spiro atoms. The van der Waals surface area contributed by atoms with Crippen LogP contribution in [0.4, 0.5) is 0 Å². The van der Waals surface area contributed by atoms with Crippen molar-refractivity contribution in [2.45, 2.75) is 71.6 Å². The number of amides is 1. The average Bonchev–Trinajstić information content (AvgIpc) is 3.50. The van der Waals surface area contributed by atoms with E-state index in [2.05, 4.69) is 13.8 Å². The number of unbranched alkanes of at least 4 members (excludes halogenated alkanes) is 7. The van der Waals surface area contributed by atoms with Crippen LogP contribution in [-0.4, -0.2) is 38.1 Å². The number of carbonyl (C=O) groups excluding carboxylic acids is 1. The summed E-state index contributed by atoms with van der Waals surface area (Å²) >= 11 is 6.97. The molecule has 4 rings (SSSR count). The van der Waals surface area contributed by atoms with Gasteiger partial charge in [0.05, 0.1) is 22.9 Å². The minimum atomic E-state index is -0.00859. The largest absolute Gasteiger partial charge is 0.494 e. The highest BCUT2D eigenvalue weighted by Crippen LogP contribution is 2.35. The fourth-order valence-corrected chi connectivity index (χ4v) is 5.87. The third kappa shape index (κ3) is 8.05. The van der Waals surface area contributed by atoms with E-state index >= 15 is 0 Å². The molecular weight excluding hydrogens is 523 g/mol. The monoisotopic (exact) mass is 561 g/mol. The van der Waals surface area contributed by atoms with Crippen LogP contribution >= 0.6 is 24.0 Å². The minimum absolute atomic E-state index is 0.00859. The van der Waals surface area contributed by atoms with Crippen LogP contribution < -0.4 is 4.74 Å². The second-order valence-corrected chi connectivity index (χ2v) is 11.6. The van der Waals surface area contributed by atoms with E-state index in [-0.39, 0.29) is 5.91 Å². The van der Waals surface area contributed by atoms with Gasteiger partial charge in [-0.25, -0.2) is 4.68 Å². The predicted molar refractivity (Wildman–Crippen MR) is 167 cm³/mol. The first-order valence-corrected chi connectivity index (χ1v) is 15.5. The number of nitrogens with zero attached hydrogens (tertiary/aromatic N) is 3. The zero-order valence-electron chi connectivity index (χ0n) is 23.1. The third-order valence-electron chi connectivity index (χ3n) is 6.80. The molecule has 2 heterocycles. The number of benzene rings is 2. The van der Waals surface area contributed by atoms with Gasteiger partial charge < -0.3 is 4.74 Å². The molecule has 7 heteroatoms. The number of hydrogen-bond donors (Lipinski definition) is 0. The van der Waals surface area contributed by atoms with Gasteiger partial charge in [0, 0.05) is 23.9 Å². The lowest BCUT2D eigenvalue weighted by Gasteiger charge is -2.13. The van der Waals surface area contributed by atoms with Crippen molar-refractivity contribution < 1.29 is 9.53 Å². The maximum Gasteiger partial charge on any atom is 0.266 e. The molecule has 0 unspecified atom stereocenters. The second kappa shape index (κ2) is 15.0. The van der Waals surface area contributed by atoms with Crippen molar-refractivity contribution >= 4 is 40.3 Å². The standard InChI is InChI=1S/C32H39N3O2S2/c1-3-5-7-9-13-21-34-31(36)29(39-32(34)38)23-26-24-35(27-15-11-10-12-16-27)33-30(26)25-17-19-28(20-18-25)37-22-14-8-6-4-2/h10-12,15-20,23-24H,3-9,13-14,21-22H2,1-2H3/b29-23-. The zero-order valence-corrected chi connectivity index (χ0v) is 24.7. The summed E-state index contributed by atoms with van der Waals surface area (Å²) < 4.78 is 8.45. The Kier molecular flexibility index (Phi) is 11.2. The molecule has 1 fully saturated rings. The molecule has 39 heavy (non-hydrogen) atoms. The van der Waals surface area contributed by atoms with E-state index in [0.29, 0.717) is 15.8 Å². The van der Waals surface area contributed by atoms with Crippen molar-refractivity contribution in [2.75, 3.05) is 13.2 Å². The Morgan fingerprint density at radius 1 is 0.897 bits per heavy atom. The van der Waals surface area contributed by atoms with Crippen LogP contribution in [0.2, 0.25) is 0 Å². The lowest BCUT2D eigenvalue weighted by molar-refractivity contribution is -0.122. The smallest absolute Gasteiger partial charge is 0.266 e. The highest BCUT2D eigenvalue weighted by Gasteiger charge is 2.32. The quantitative estimate of drug-likeness (QED) is 0.106. The van der Waals surface area contributed by atoms with Gasteiger partial charge in [-0.1, -0.05) is 101 Å². The number of hydrogen-bond acceptors (Lipinski definition) is 5. The van der Waals surface area contributed by atoms with Crippen LogP contribution in [0.1, 0.15) is 77.2 Å². The molecule has 0 N–H and O–H groups in total. The van der Waals surface area contributed by atoms with Crippen LogP contribution in [-0.2, 0) is 4.79 Å². The van der Waals surface area contributed by atoms with Crippen molar-refractivity contribution in [2.24, 2.45) is 0 Å². The molecule has 1 saturated heterocycles. The van der Waals surface area contributed by atoms with Crippen molar-refractivity contribution in [1.29, 1.82) is 0 Å². The van der Waals surface area contributed by atoms with Gasteiger partial charge in [-0.15, -0.1) is 0 Å². The SMILES string of the molecule is CCCCCCCN1C(=O)/C(=C/c2cn(-c3ccccc3)nc2-c2ccc(OCCCCCC)cc2)SC1=S. The second-order valence-electron chi connectivity index (χ2n) is 9.89. The van der Waals surface area contributed by atoms with Crippen LogP contribution in [0.5, 0.6) is 5.75 Å². The van der Waals surface area contributed by atoms with Gasteiger partial charge in [0.1, 0.15) is 10.1 Å². The van der Waals surface area contributed by atoms with E-state index < -0.39 is 0 Å². The summed E-state index contributed by atoms with van der Waals surface area (Å²) in [5.41, 5.74) is 3.64. The van der Waals surface area contributed by atoms with E-state index in [4.69, 9.17) is 22.1 Å². The Morgan fingerprint density at radius 2 is 1.59 bits per heavy atom. The maximum absolute atomic E-state index is 13.3. The molecule has 0 aliphatic carbocycles. The predicted octanol–water partition coefficient (Wildman–Crippen LogP) is 8.67. The molecule has 3 aromatic rings. The fourth-order valence-electron chi connectivity index (χ4n) is 4.57. The molecule has 0 radical (unpaired) electrons. The molecule has 1 amide bonds. The normalized spacial score (nSPS) is 14.5. The summed E-state index contributed by atoms with van der Waals surface area (Å²) in [7, 11) is 0. The van der Waals surface area contributed by atoms with Crippen molar-refractivity contribution in [3.05, 3.63) is 71.3 Å². The van der Waals surface area contributed by atoms with Gasteiger partial charge in [0.15, 0.2) is 0 Å². The number of aromatic nitrogens is 2. The van der Waals surface area contributed by atoms with E-state index in [1.54, 1.807) is 4.90 Å². The Bertz CT molecular complexity index is 1250. The Morgan fingerprint density at radius 3 is 2.31 bits per heavy atom. The average molecular weight is 562 g/mol. The van der Waals surface area contributed by atoms with Gasteiger partial charge >= 0.3 is 0 Å². The van der Waals surface area contributed by atoms with Crippen LogP contribution in [0.25, 0.3) is 23.0 Å². The number of rotatable bonds is 15. The van der Waals surface area contributed by atoms with E-state index in [9.17, 15) is 4.79 Å². The van der Waals surface area contributed by atoms with Crippen LogP contribution in [0.15, 0.2) is 65.7 Å². The Hall–Kier alpha value is -2.90. The summed E-state index contributed by atoms with van der Waals surface area (Å²) in [6.45, 7) is 5.83. The summed E-state index contributed by atoms with van der Waals surface area (Å²) in [6.07, 6.45) is 14.4. The van der Waals surface area contributed by atoms with E-state index in [1.807, 2.05) is 71.6 Å². The molecule has 0 atom stereocenters. The summed E-state index contributed by atoms with van der Waals surface area (Å²) in [5.74, 6) is 0.852. The third-order valence-corrected chi connectivity index (χ3v) is 8.18. The molecule has 1 aliphatic heterocycles. The van der Waals surface area contributed by atoms with Gasteiger partial charge in [0.25, 0.3) is 5.91 Å². The number of ether oxygens (including phenoxy) is 1.